The van der Waals surface area contributed by atoms with Gasteiger partial charge < -0.3 is 19.7 Å². The van der Waals surface area contributed by atoms with Gasteiger partial charge in [-0.2, -0.15) is 13.2 Å². The standard InChI is InChI=1S/C18H24BF3N2O5/c1-15(2)16(3,4)29-19(28-15)10-6-12(18(20,21)22)14(13(7-10)24(26)27)23-11-8-17(5,25)9-11/h6-7,11,23,25H,8-9H2,1-5H3. The van der Waals surface area contributed by atoms with Crippen molar-refractivity contribution in [3.05, 3.63) is 27.8 Å². The highest BCUT2D eigenvalue weighted by atomic mass is 19.4. The third-order valence-corrected chi connectivity index (χ3v) is 5.89. The maximum absolute atomic E-state index is 13.8. The Morgan fingerprint density at radius 1 is 1.17 bits per heavy atom. The van der Waals surface area contributed by atoms with E-state index in [2.05, 4.69) is 5.32 Å². The van der Waals surface area contributed by atoms with Crippen LogP contribution in [0.5, 0.6) is 0 Å². The molecule has 1 heterocycles. The van der Waals surface area contributed by atoms with Crippen molar-refractivity contribution in [2.45, 2.75) is 76.5 Å². The Kier molecular flexibility index (Phi) is 4.96. The lowest BCUT2D eigenvalue weighted by Crippen LogP contribution is -2.48. The SMILES string of the molecule is CC1(O)CC(Nc2c([N+](=O)[O-])cc(B3OC(C)(C)C(C)(C)O3)cc2C(F)(F)F)C1. The van der Waals surface area contributed by atoms with Gasteiger partial charge in [-0.05, 0) is 59.0 Å². The van der Waals surface area contributed by atoms with Crippen LogP contribution in [0.4, 0.5) is 24.5 Å². The van der Waals surface area contributed by atoms with Crippen molar-refractivity contribution in [1.82, 2.24) is 0 Å². The van der Waals surface area contributed by atoms with Gasteiger partial charge in [-0.3, -0.25) is 10.1 Å². The van der Waals surface area contributed by atoms with Crippen molar-refractivity contribution in [3.8, 4) is 0 Å². The number of benzene rings is 1. The second-order valence-electron chi connectivity index (χ2n) is 9.05. The average molecular weight is 416 g/mol. The number of halogens is 3. The monoisotopic (exact) mass is 416 g/mol. The van der Waals surface area contributed by atoms with E-state index in [1.54, 1.807) is 34.6 Å². The first-order valence-electron chi connectivity index (χ1n) is 9.26. The minimum absolute atomic E-state index is 0.0752. The second-order valence-corrected chi connectivity index (χ2v) is 9.05. The van der Waals surface area contributed by atoms with Crippen molar-refractivity contribution in [2.24, 2.45) is 0 Å². The molecule has 160 valence electrons. The molecule has 1 aliphatic carbocycles. The Bertz CT molecular complexity index is 818. The number of nitrogens with zero attached hydrogens (tertiary/aromatic N) is 1. The fraction of sp³-hybridized carbons (Fsp3) is 0.667. The number of hydrogen-bond acceptors (Lipinski definition) is 6. The molecule has 0 bridgehead atoms. The van der Waals surface area contributed by atoms with E-state index in [0.717, 1.165) is 12.1 Å². The van der Waals surface area contributed by atoms with Crippen LogP contribution in [0.2, 0.25) is 0 Å². The Morgan fingerprint density at radius 3 is 2.10 bits per heavy atom. The number of rotatable bonds is 4. The topological polar surface area (TPSA) is 93.9 Å². The molecule has 1 saturated heterocycles. The normalized spacial score (nSPS) is 28.2. The van der Waals surface area contributed by atoms with Crippen molar-refractivity contribution < 1.29 is 32.5 Å². The molecule has 7 nitrogen and oxygen atoms in total. The lowest BCUT2D eigenvalue weighted by Gasteiger charge is -2.41. The zero-order chi connectivity index (χ0) is 22.0. The molecule has 1 aromatic rings. The number of anilines is 1. The Labute approximate surface area is 166 Å². The summed E-state index contributed by atoms with van der Waals surface area (Å²) in [7, 11) is -1.17. The predicted molar refractivity (Wildman–Crippen MR) is 101 cm³/mol. The van der Waals surface area contributed by atoms with Crippen LogP contribution in [-0.2, 0) is 15.5 Å². The van der Waals surface area contributed by atoms with Crippen molar-refractivity contribution in [2.75, 3.05) is 5.32 Å². The number of alkyl halides is 3. The van der Waals surface area contributed by atoms with Gasteiger partial charge in [0.15, 0.2) is 0 Å². The summed E-state index contributed by atoms with van der Waals surface area (Å²) >= 11 is 0. The number of hydrogen-bond donors (Lipinski definition) is 2. The lowest BCUT2D eigenvalue weighted by molar-refractivity contribution is -0.384. The van der Waals surface area contributed by atoms with E-state index >= 15 is 0 Å². The Hall–Kier alpha value is -1.85. The van der Waals surface area contributed by atoms with Crippen LogP contribution in [0.25, 0.3) is 0 Å². The maximum Gasteiger partial charge on any atom is 0.495 e. The van der Waals surface area contributed by atoms with Crippen LogP contribution < -0.4 is 10.8 Å². The Balaban J connectivity index is 2.05. The van der Waals surface area contributed by atoms with Gasteiger partial charge in [0.2, 0.25) is 0 Å². The van der Waals surface area contributed by atoms with Gasteiger partial charge >= 0.3 is 13.3 Å². The fourth-order valence-corrected chi connectivity index (χ4v) is 3.59. The summed E-state index contributed by atoms with van der Waals surface area (Å²) in [6, 6.07) is 1.39. The van der Waals surface area contributed by atoms with Crippen molar-refractivity contribution >= 4 is 24.0 Å². The number of nitro groups is 1. The molecule has 1 aliphatic heterocycles. The smallest absolute Gasteiger partial charge is 0.399 e. The molecule has 2 N–H and O–H groups in total. The maximum atomic E-state index is 13.8. The zero-order valence-corrected chi connectivity index (χ0v) is 16.9. The van der Waals surface area contributed by atoms with Gasteiger partial charge in [0, 0.05) is 12.1 Å². The molecule has 3 rings (SSSR count). The molecule has 11 heteroatoms. The number of aliphatic hydroxyl groups is 1. The van der Waals surface area contributed by atoms with Gasteiger partial charge in [0.05, 0.1) is 27.3 Å². The third-order valence-electron chi connectivity index (χ3n) is 5.89. The van der Waals surface area contributed by atoms with Crippen LogP contribution in [0.1, 0.15) is 53.0 Å². The van der Waals surface area contributed by atoms with Crippen LogP contribution >= 0.6 is 0 Å². The Morgan fingerprint density at radius 2 is 1.69 bits per heavy atom. The first-order chi connectivity index (χ1) is 13.0. The second kappa shape index (κ2) is 6.58. The number of nitro benzene ring substituents is 1. The van der Waals surface area contributed by atoms with Crippen molar-refractivity contribution in [3.63, 3.8) is 0 Å². The summed E-state index contributed by atoms with van der Waals surface area (Å²) in [5, 5.41) is 24.0. The van der Waals surface area contributed by atoms with Gasteiger partial charge in [-0.1, -0.05) is 0 Å². The molecule has 29 heavy (non-hydrogen) atoms. The summed E-state index contributed by atoms with van der Waals surface area (Å²) in [6.45, 7) is 8.52. The highest BCUT2D eigenvalue weighted by Gasteiger charge is 2.53. The quantitative estimate of drug-likeness (QED) is 0.445. The summed E-state index contributed by atoms with van der Waals surface area (Å²) < 4.78 is 52.9. The first-order valence-corrected chi connectivity index (χ1v) is 9.26. The van der Waals surface area contributed by atoms with Crippen LogP contribution in [0.3, 0.4) is 0 Å². The molecule has 2 fully saturated rings. The molecular formula is C18H24BF3N2O5. The van der Waals surface area contributed by atoms with Crippen LogP contribution in [-0.4, -0.2) is 40.0 Å². The highest BCUT2D eigenvalue weighted by molar-refractivity contribution is 6.62. The molecule has 0 atom stereocenters. The van der Waals surface area contributed by atoms with E-state index in [1.165, 1.54) is 0 Å². The minimum Gasteiger partial charge on any atom is -0.399 e. The van der Waals surface area contributed by atoms with Gasteiger partial charge in [-0.25, -0.2) is 0 Å². The first kappa shape index (κ1) is 21.9. The molecule has 0 aromatic heterocycles. The molecule has 1 aromatic carbocycles. The van der Waals surface area contributed by atoms with E-state index in [9.17, 15) is 28.4 Å². The van der Waals surface area contributed by atoms with E-state index in [4.69, 9.17) is 9.31 Å². The summed E-state index contributed by atoms with van der Waals surface area (Å²) in [5.74, 6) is 0. The van der Waals surface area contributed by atoms with Gasteiger partial charge in [0.1, 0.15) is 5.69 Å². The molecule has 0 spiro atoms. The summed E-state index contributed by atoms with van der Waals surface area (Å²) in [4.78, 5) is 10.7. The number of nitrogens with one attached hydrogen (secondary N) is 1. The molecule has 2 aliphatic rings. The summed E-state index contributed by atoms with van der Waals surface area (Å²) in [6.07, 6.45) is -4.44. The molecule has 0 radical (unpaired) electrons. The van der Waals surface area contributed by atoms with Crippen molar-refractivity contribution in [1.29, 1.82) is 0 Å². The molecule has 0 unspecified atom stereocenters. The van der Waals surface area contributed by atoms with Gasteiger partial charge in [0.25, 0.3) is 5.69 Å². The van der Waals surface area contributed by atoms with Crippen LogP contribution in [0.15, 0.2) is 12.1 Å². The highest BCUT2D eigenvalue weighted by Crippen LogP contribution is 2.43. The minimum atomic E-state index is -4.83. The zero-order valence-electron chi connectivity index (χ0n) is 16.9. The summed E-state index contributed by atoms with van der Waals surface area (Å²) in [5.41, 5.74) is -5.16. The lowest BCUT2D eigenvalue weighted by atomic mass is 9.76. The van der Waals surface area contributed by atoms with Crippen LogP contribution in [0, 0.1) is 10.1 Å². The predicted octanol–water partition coefficient (Wildman–Crippen LogP) is 3.24. The molecule has 1 saturated carbocycles. The van der Waals surface area contributed by atoms with E-state index in [1.807, 2.05) is 0 Å². The third kappa shape index (κ3) is 4.08. The molecular weight excluding hydrogens is 392 g/mol. The fourth-order valence-electron chi connectivity index (χ4n) is 3.59. The average Bonchev–Trinajstić information content (AvgIpc) is 2.72. The van der Waals surface area contributed by atoms with E-state index in [-0.39, 0.29) is 18.3 Å². The van der Waals surface area contributed by atoms with E-state index in [0.29, 0.717) is 0 Å². The van der Waals surface area contributed by atoms with Gasteiger partial charge in [-0.15, -0.1) is 0 Å². The molecule has 0 amide bonds. The van der Waals surface area contributed by atoms with E-state index < -0.39 is 58.0 Å². The largest absolute Gasteiger partial charge is 0.495 e.